The fourth-order valence-corrected chi connectivity index (χ4v) is 3.37. The highest BCUT2D eigenvalue weighted by Crippen LogP contribution is 2.28. The van der Waals surface area contributed by atoms with Crippen molar-refractivity contribution in [2.24, 2.45) is 0 Å². The Morgan fingerprint density at radius 3 is 2.43 bits per heavy atom. The molecule has 0 saturated carbocycles. The molecule has 0 unspecified atom stereocenters. The molecular formula is C22H13Cl2FN2O. The predicted molar refractivity (Wildman–Crippen MR) is 112 cm³/mol. The van der Waals surface area contributed by atoms with E-state index in [9.17, 15) is 9.18 Å². The van der Waals surface area contributed by atoms with E-state index in [1.807, 2.05) is 24.3 Å². The van der Waals surface area contributed by atoms with Gasteiger partial charge in [0.25, 0.3) is 5.91 Å². The Bertz CT molecular complexity index is 1190. The molecule has 0 aliphatic heterocycles. The molecule has 0 aliphatic rings. The van der Waals surface area contributed by atoms with Crippen molar-refractivity contribution in [1.29, 1.82) is 0 Å². The molecule has 0 saturated heterocycles. The van der Waals surface area contributed by atoms with Crippen LogP contribution in [-0.4, -0.2) is 10.9 Å². The number of carbonyl (C=O) groups is 1. The van der Waals surface area contributed by atoms with Gasteiger partial charge in [0.05, 0.1) is 27.5 Å². The first-order valence-electron chi connectivity index (χ1n) is 8.43. The maximum absolute atomic E-state index is 13.3. The highest BCUT2D eigenvalue weighted by Gasteiger charge is 2.15. The first-order chi connectivity index (χ1) is 13.5. The number of nitrogens with one attached hydrogen (secondary N) is 1. The van der Waals surface area contributed by atoms with E-state index in [0.717, 1.165) is 0 Å². The molecule has 0 atom stereocenters. The van der Waals surface area contributed by atoms with Gasteiger partial charge >= 0.3 is 0 Å². The molecule has 28 heavy (non-hydrogen) atoms. The highest BCUT2D eigenvalue weighted by molar-refractivity contribution is 6.37. The average molecular weight is 411 g/mol. The van der Waals surface area contributed by atoms with Gasteiger partial charge in [-0.15, -0.1) is 0 Å². The van der Waals surface area contributed by atoms with Gasteiger partial charge in [-0.1, -0.05) is 41.4 Å². The minimum Gasteiger partial charge on any atom is -0.321 e. The zero-order valence-electron chi connectivity index (χ0n) is 14.4. The lowest BCUT2D eigenvalue weighted by Gasteiger charge is -2.12. The van der Waals surface area contributed by atoms with Gasteiger partial charge in [-0.2, -0.15) is 0 Å². The second kappa shape index (κ2) is 7.58. The maximum Gasteiger partial charge on any atom is 0.256 e. The fraction of sp³-hybridized carbons (Fsp3) is 0. The average Bonchev–Trinajstić information content (AvgIpc) is 2.69. The van der Waals surface area contributed by atoms with Gasteiger partial charge in [-0.3, -0.25) is 4.79 Å². The van der Waals surface area contributed by atoms with Crippen molar-refractivity contribution in [2.75, 3.05) is 5.32 Å². The van der Waals surface area contributed by atoms with Gasteiger partial charge in [0.1, 0.15) is 5.82 Å². The van der Waals surface area contributed by atoms with E-state index in [-0.39, 0.29) is 11.7 Å². The zero-order chi connectivity index (χ0) is 19.7. The molecule has 6 heteroatoms. The Balaban J connectivity index is 1.80. The van der Waals surface area contributed by atoms with E-state index < -0.39 is 0 Å². The number of aromatic nitrogens is 1. The summed E-state index contributed by atoms with van der Waals surface area (Å²) >= 11 is 12.1. The minimum absolute atomic E-state index is 0.328. The number of carbonyl (C=O) groups excluding carboxylic acids is 1. The number of para-hydroxylation sites is 1. The summed E-state index contributed by atoms with van der Waals surface area (Å²) in [5, 5.41) is 4.35. The number of nitrogens with zero attached hydrogens (tertiary/aromatic N) is 1. The van der Waals surface area contributed by atoms with Crippen LogP contribution in [-0.2, 0) is 0 Å². The molecule has 1 heterocycles. The van der Waals surface area contributed by atoms with Crippen LogP contribution in [0.25, 0.3) is 22.2 Å². The molecule has 4 rings (SSSR count). The summed E-state index contributed by atoms with van der Waals surface area (Å²) in [4.78, 5) is 17.6. The van der Waals surface area contributed by atoms with Crippen LogP contribution in [0.4, 0.5) is 10.1 Å². The summed E-state index contributed by atoms with van der Waals surface area (Å²) in [6, 6.07) is 19.9. The Morgan fingerprint density at radius 1 is 0.929 bits per heavy atom. The monoisotopic (exact) mass is 410 g/mol. The summed E-state index contributed by atoms with van der Waals surface area (Å²) in [5.41, 5.74) is 2.85. The lowest BCUT2D eigenvalue weighted by molar-refractivity contribution is 0.102. The van der Waals surface area contributed by atoms with Crippen LogP contribution in [0.3, 0.4) is 0 Å². The second-order valence-electron chi connectivity index (χ2n) is 6.16. The van der Waals surface area contributed by atoms with E-state index in [4.69, 9.17) is 23.2 Å². The van der Waals surface area contributed by atoms with Crippen molar-refractivity contribution in [1.82, 2.24) is 4.98 Å². The predicted octanol–water partition coefficient (Wildman–Crippen LogP) is 6.60. The van der Waals surface area contributed by atoms with Crippen molar-refractivity contribution in [2.45, 2.75) is 0 Å². The highest BCUT2D eigenvalue weighted by atomic mass is 35.5. The van der Waals surface area contributed by atoms with E-state index >= 15 is 0 Å². The Labute approximate surface area is 170 Å². The Morgan fingerprint density at radius 2 is 1.68 bits per heavy atom. The Kier molecular flexibility index (Phi) is 4.99. The zero-order valence-corrected chi connectivity index (χ0v) is 15.9. The summed E-state index contributed by atoms with van der Waals surface area (Å²) in [5.74, 6) is -0.661. The molecule has 0 radical (unpaired) electrons. The van der Waals surface area contributed by atoms with Crippen LogP contribution in [0.2, 0.25) is 10.0 Å². The van der Waals surface area contributed by atoms with Crippen LogP contribution in [0.15, 0.2) is 72.8 Å². The van der Waals surface area contributed by atoms with E-state index in [1.54, 1.807) is 36.4 Å². The SMILES string of the molecule is O=C(Nc1ccc(Cl)cc1Cl)c1cc(-c2ccc(F)cc2)nc2ccccc12. The van der Waals surface area contributed by atoms with Crippen LogP contribution in [0, 0.1) is 5.82 Å². The molecule has 0 fully saturated rings. The van der Waals surface area contributed by atoms with Gasteiger partial charge in [0.15, 0.2) is 0 Å². The van der Waals surface area contributed by atoms with Gasteiger partial charge in [-0.05, 0) is 54.6 Å². The first-order valence-corrected chi connectivity index (χ1v) is 9.19. The number of anilines is 1. The van der Waals surface area contributed by atoms with E-state index in [2.05, 4.69) is 10.3 Å². The van der Waals surface area contributed by atoms with Crippen LogP contribution >= 0.6 is 23.2 Å². The number of fused-ring (bicyclic) bond motifs is 1. The fourth-order valence-electron chi connectivity index (χ4n) is 2.91. The van der Waals surface area contributed by atoms with Crippen LogP contribution < -0.4 is 5.32 Å². The third-order valence-electron chi connectivity index (χ3n) is 4.28. The largest absolute Gasteiger partial charge is 0.321 e. The number of rotatable bonds is 3. The van der Waals surface area contributed by atoms with Crippen molar-refractivity contribution < 1.29 is 9.18 Å². The number of pyridine rings is 1. The molecule has 1 N–H and O–H groups in total. The van der Waals surface area contributed by atoms with Crippen molar-refractivity contribution >= 4 is 45.7 Å². The first kappa shape index (κ1) is 18.4. The third-order valence-corrected chi connectivity index (χ3v) is 4.83. The summed E-state index contributed by atoms with van der Waals surface area (Å²) < 4.78 is 13.3. The number of hydrogen-bond acceptors (Lipinski definition) is 2. The quantitative estimate of drug-likeness (QED) is 0.413. The van der Waals surface area contributed by atoms with E-state index in [1.165, 1.54) is 12.1 Å². The molecule has 0 aliphatic carbocycles. The van der Waals surface area contributed by atoms with Crippen molar-refractivity contribution in [3.63, 3.8) is 0 Å². The van der Waals surface area contributed by atoms with Gasteiger partial charge in [0.2, 0.25) is 0 Å². The normalized spacial score (nSPS) is 10.8. The summed E-state index contributed by atoms with van der Waals surface area (Å²) in [7, 11) is 0. The molecule has 1 aromatic heterocycles. The minimum atomic E-state index is -0.333. The standard InChI is InChI=1S/C22H13Cl2FN2O/c23-14-7-10-20(18(24)11-14)27-22(28)17-12-21(13-5-8-15(25)9-6-13)26-19-4-2-1-3-16(17)19/h1-12H,(H,27,28). The second-order valence-corrected chi connectivity index (χ2v) is 7.00. The van der Waals surface area contributed by atoms with Crippen LogP contribution in [0.1, 0.15) is 10.4 Å². The third kappa shape index (κ3) is 3.70. The molecule has 138 valence electrons. The molecule has 3 nitrogen and oxygen atoms in total. The van der Waals surface area contributed by atoms with Crippen molar-refractivity contribution in [3.8, 4) is 11.3 Å². The summed E-state index contributed by atoms with van der Waals surface area (Å²) in [6.07, 6.45) is 0. The number of hydrogen-bond donors (Lipinski definition) is 1. The molecule has 3 aromatic carbocycles. The number of benzene rings is 3. The number of halogens is 3. The topological polar surface area (TPSA) is 42.0 Å². The lowest BCUT2D eigenvalue weighted by Crippen LogP contribution is -2.13. The van der Waals surface area contributed by atoms with E-state index in [0.29, 0.717) is 43.5 Å². The molecule has 0 spiro atoms. The molecular weight excluding hydrogens is 398 g/mol. The van der Waals surface area contributed by atoms with Gasteiger partial charge in [0, 0.05) is 16.0 Å². The lowest BCUT2D eigenvalue weighted by atomic mass is 10.0. The van der Waals surface area contributed by atoms with Crippen LogP contribution in [0.5, 0.6) is 0 Å². The van der Waals surface area contributed by atoms with Gasteiger partial charge < -0.3 is 5.32 Å². The van der Waals surface area contributed by atoms with Crippen molar-refractivity contribution in [3.05, 3.63) is 94.2 Å². The molecule has 4 aromatic rings. The smallest absolute Gasteiger partial charge is 0.256 e. The molecule has 0 bridgehead atoms. The number of amides is 1. The maximum atomic E-state index is 13.3. The Hall–Kier alpha value is -2.95. The summed E-state index contributed by atoms with van der Waals surface area (Å²) in [6.45, 7) is 0. The van der Waals surface area contributed by atoms with Gasteiger partial charge in [-0.25, -0.2) is 9.37 Å². The molecule has 1 amide bonds.